The number of carbonyl (C=O) groups is 2. The van der Waals surface area contributed by atoms with Crippen molar-refractivity contribution in [2.45, 2.75) is 19.4 Å². The maximum Gasteiger partial charge on any atom is 0.326 e. The summed E-state index contributed by atoms with van der Waals surface area (Å²) in [5.41, 5.74) is 0.159. The van der Waals surface area contributed by atoms with Crippen LogP contribution in [0.2, 0.25) is 5.02 Å². The van der Waals surface area contributed by atoms with Crippen LogP contribution in [0.1, 0.15) is 23.7 Å². The molecule has 0 spiro atoms. The summed E-state index contributed by atoms with van der Waals surface area (Å²) in [6, 6.07) is 0.340. The third kappa shape index (κ3) is 5.20. The van der Waals surface area contributed by atoms with Gasteiger partial charge in [-0.3, -0.25) is 4.79 Å². The zero-order valence-electron chi connectivity index (χ0n) is 11.8. The van der Waals surface area contributed by atoms with Crippen LogP contribution in [0.3, 0.4) is 0 Å². The number of aliphatic carboxylic acids is 1. The van der Waals surface area contributed by atoms with Crippen molar-refractivity contribution >= 4 is 23.5 Å². The van der Waals surface area contributed by atoms with Crippen LogP contribution in [0.5, 0.6) is 5.88 Å². The van der Waals surface area contributed by atoms with Gasteiger partial charge in [0.05, 0.1) is 12.2 Å². The molecule has 0 aliphatic heterocycles. The summed E-state index contributed by atoms with van der Waals surface area (Å²) in [5, 5.41) is 11.6. The van der Waals surface area contributed by atoms with Crippen molar-refractivity contribution in [1.82, 2.24) is 10.3 Å². The van der Waals surface area contributed by atoms with E-state index >= 15 is 0 Å². The molecule has 21 heavy (non-hydrogen) atoms. The molecule has 1 atom stereocenters. The summed E-state index contributed by atoms with van der Waals surface area (Å²) < 4.78 is 9.97. The number of hydrogen-bond acceptors (Lipinski definition) is 5. The van der Waals surface area contributed by atoms with Crippen LogP contribution in [-0.2, 0) is 9.53 Å². The normalized spacial score (nSPS) is 11.8. The fraction of sp³-hybridized carbons (Fsp3) is 0.462. The highest BCUT2D eigenvalue weighted by Crippen LogP contribution is 2.22. The van der Waals surface area contributed by atoms with Crippen molar-refractivity contribution < 1.29 is 24.2 Å². The second-order valence-electron chi connectivity index (χ2n) is 4.09. The first-order valence-electron chi connectivity index (χ1n) is 6.30. The van der Waals surface area contributed by atoms with E-state index in [1.54, 1.807) is 6.92 Å². The lowest BCUT2D eigenvalue weighted by Gasteiger charge is -2.14. The van der Waals surface area contributed by atoms with Crippen molar-refractivity contribution in [3.8, 4) is 5.88 Å². The Morgan fingerprint density at radius 2 is 2.24 bits per heavy atom. The van der Waals surface area contributed by atoms with Gasteiger partial charge in [0.2, 0.25) is 5.88 Å². The highest BCUT2D eigenvalue weighted by Gasteiger charge is 2.21. The molecule has 2 N–H and O–H groups in total. The van der Waals surface area contributed by atoms with Crippen molar-refractivity contribution in [3.05, 3.63) is 22.8 Å². The van der Waals surface area contributed by atoms with E-state index in [2.05, 4.69) is 10.3 Å². The molecule has 7 nitrogen and oxygen atoms in total. The number of nitrogens with zero attached hydrogens (tertiary/aromatic N) is 1. The highest BCUT2D eigenvalue weighted by atomic mass is 35.5. The lowest BCUT2D eigenvalue weighted by atomic mass is 10.2. The van der Waals surface area contributed by atoms with Gasteiger partial charge in [-0.05, 0) is 13.0 Å². The highest BCUT2D eigenvalue weighted by molar-refractivity contribution is 6.32. The molecule has 8 heteroatoms. The predicted molar refractivity (Wildman–Crippen MR) is 75.8 cm³/mol. The summed E-state index contributed by atoms with van der Waals surface area (Å²) in [6.07, 6.45) is 1.44. The molecule has 0 saturated carbocycles. The summed E-state index contributed by atoms with van der Waals surface area (Å²) in [5.74, 6) is -1.48. The Labute approximate surface area is 127 Å². The van der Waals surface area contributed by atoms with Crippen LogP contribution in [0, 0.1) is 0 Å². The van der Waals surface area contributed by atoms with Crippen molar-refractivity contribution in [2.75, 3.05) is 20.3 Å². The molecule has 0 aliphatic rings. The molecule has 0 radical (unpaired) electrons. The Balaban J connectivity index is 2.78. The molecule has 1 amide bonds. The number of nitrogens with one attached hydrogen (secondary N) is 1. The fourth-order valence-corrected chi connectivity index (χ4v) is 1.75. The largest absolute Gasteiger partial charge is 0.480 e. The SMILES string of the molecule is CCOc1ncc(C(=O)NC(CCOC)C(=O)O)cc1Cl. The first kappa shape index (κ1) is 17.2. The number of methoxy groups -OCH3 is 1. The molecule has 1 unspecified atom stereocenters. The Bertz CT molecular complexity index is 509. The number of carboxylic acid groups (broad SMARTS) is 1. The molecule has 0 bridgehead atoms. The van der Waals surface area contributed by atoms with Crippen molar-refractivity contribution in [2.24, 2.45) is 0 Å². The van der Waals surface area contributed by atoms with Gasteiger partial charge in [-0.1, -0.05) is 11.6 Å². The number of amides is 1. The summed E-state index contributed by atoms with van der Waals surface area (Å²) in [6.45, 7) is 2.40. The molecule has 0 fully saturated rings. The van der Waals surface area contributed by atoms with Gasteiger partial charge in [0.25, 0.3) is 5.91 Å². The standard InChI is InChI=1S/C13H17ClN2O5/c1-3-21-12-9(14)6-8(7-15-12)11(17)16-10(13(18)19)4-5-20-2/h6-7,10H,3-5H2,1-2H3,(H,16,17)(H,18,19). The smallest absolute Gasteiger partial charge is 0.326 e. The van der Waals surface area contributed by atoms with Crippen molar-refractivity contribution in [1.29, 1.82) is 0 Å². The van der Waals surface area contributed by atoms with Crippen LogP contribution in [0.15, 0.2) is 12.3 Å². The minimum Gasteiger partial charge on any atom is -0.480 e. The molecular formula is C13H17ClN2O5. The van der Waals surface area contributed by atoms with E-state index < -0.39 is 17.9 Å². The van der Waals surface area contributed by atoms with Gasteiger partial charge >= 0.3 is 5.97 Å². The Morgan fingerprint density at radius 1 is 1.52 bits per heavy atom. The number of halogens is 1. The number of aromatic nitrogens is 1. The molecule has 1 heterocycles. The topological polar surface area (TPSA) is 97.8 Å². The molecule has 1 aromatic rings. The van der Waals surface area contributed by atoms with Gasteiger partial charge in [0.1, 0.15) is 11.1 Å². The van der Waals surface area contributed by atoms with E-state index in [1.807, 2.05) is 0 Å². The second kappa shape index (κ2) is 8.43. The van der Waals surface area contributed by atoms with E-state index in [0.717, 1.165) is 0 Å². The molecule has 0 aromatic carbocycles. The first-order chi connectivity index (χ1) is 9.99. The maximum absolute atomic E-state index is 12.0. The van der Waals surface area contributed by atoms with Crippen LogP contribution in [0.4, 0.5) is 0 Å². The molecular weight excluding hydrogens is 300 g/mol. The number of carbonyl (C=O) groups excluding carboxylic acids is 1. The van der Waals surface area contributed by atoms with Gasteiger partial charge in [-0.15, -0.1) is 0 Å². The molecule has 116 valence electrons. The Morgan fingerprint density at radius 3 is 2.76 bits per heavy atom. The third-order valence-corrected chi connectivity index (χ3v) is 2.84. The van der Waals surface area contributed by atoms with Gasteiger partial charge in [-0.2, -0.15) is 0 Å². The third-order valence-electron chi connectivity index (χ3n) is 2.56. The zero-order chi connectivity index (χ0) is 15.8. The Hall–Kier alpha value is -1.86. The summed E-state index contributed by atoms with van der Waals surface area (Å²) in [4.78, 5) is 27.0. The van der Waals surface area contributed by atoms with E-state index in [0.29, 0.717) is 6.61 Å². The summed E-state index contributed by atoms with van der Waals surface area (Å²) in [7, 11) is 1.46. The molecule has 1 rings (SSSR count). The van der Waals surface area contributed by atoms with Crippen LogP contribution >= 0.6 is 11.6 Å². The van der Waals surface area contributed by atoms with Gasteiger partial charge in [0.15, 0.2) is 0 Å². The van der Waals surface area contributed by atoms with E-state index in [9.17, 15) is 9.59 Å². The van der Waals surface area contributed by atoms with E-state index in [4.69, 9.17) is 26.2 Å². The van der Waals surface area contributed by atoms with Crippen LogP contribution in [-0.4, -0.2) is 48.3 Å². The summed E-state index contributed by atoms with van der Waals surface area (Å²) >= 11 is 5.93. The quantitative estimate of drug-likeness (QED) is 0.751. The minimum atomic E-state index is -1.13. The van der Waals surface area contributed by atoms with Gasteiger partial charge in [0, 0.05) is 26.3 Å². The monoisotopic (exact) mass is 316 g/mol. The zero-order valence-corrected chi connectivity index (χ0v) is 12.5. The number of rotatable bonds is 8. The minimum absolute atomic E-state index is 0.159. The van der Waals surface area contributed by atoms with Crippen LogP contribution in [0.25, 0.3) is 0 Å². The lowest BCUT2D eigenvalue weighted by molar-refractivity contribution is -0.139. The van der Waals surface area contributed by atoms with Crippen molar-refractivity contribution in [3.63, 3.8) is 0 Å². The number of pyridine rings is 1. The predicted octanol–water partition coefficient (Wildman–Crippen LogP) is 1.35. The average molecular weight is 317 g/mol. The van der Waals surface area contributed by atoms with E-state index in [1.165, 1.54) is 19.4 Å². The number of carboxylic acids is 1. The fourth-order valence-electron chi connectivity index (χ4n) is 1.53. The Kier molecular flexibility index (Phi) is 6.90. The number of ether oxygens (including phenoxy) is 2. The number of hydrogen-bond donors (Lipinski definition) is 2. The lowest BCUT2D eigenvalue weighted by Crippen LogP contribution is -2.41. The molecule has 0 saturated heterocycles. The van der Waals surface area contributed by atoms with E-state index in [-0.39, 0.29) is 29.5 Å². The molecule has 0 aliphatic carbocycles. The van der Waals surface area contributed by atoms with Gasteiger partial charge in [-0.25, -0.2) is 9.78 Å². The maximum atomic E-state index is 12.0. The van der Waals surface area contributed by atoms with Crippen LogP contribution < -0.4 is 10.1 Å². The first-order valence-corrected chi connectivity index (χ1v) is 6.68. The average Bonchev–Trinajstić information content (AvgIpc) is 2.45. The second-order valence-corrected chi connectivity index (χ2v) is 4.50. The van der Waals surface area contributed by atoms with Gasteiger partial charge < -0.3 is 19.9 Å². The molecule has 1 aromatic heterocycles.